The molecule has 0 fully saturated rings. The Hall–Kier alpha value is -3.19. The van der Waals surface area contributed by atoms with Crippen LogP contribution in [0.3, 0.4) is 0 Å². The summed E-state index contributed by atoms with van der Waals surface area (Å²) in [7, 11) is -3.87. The number of amides is 1. The number of anilines is 2. The topological polar surface area (TPSA) is 75.3 Å². The number of sulfonamides is 1. The molecule has 0 aliphatic heterocycles. The van der Waals surface area contributed by atoms with Gasteiger partial charge in [-0.15, -0.1) is 0 Å². The first kappa shape index (κ1) is 21.5. The molecule has 3 aromatic carbocycles. The van der Waals surface area contributed by atoms with Gasteiger partial charge in [0.2, 0.25) is 0 Å². The van der Waals surface area contributed by atoms with E-state index in [1.807, 2.05) is 32.9 Å². The molecule has 0 aromatic heterocycles. The molecule has 2 N–H and O–H groups in total. The number of rotatable bonds is 5. The number of hydrogen-bond donors (Lipinski definition) is 2. The average molecular weight is 427 g/mol. The van der Waals surface area contributed by atoms with Gasteiger partial charge in [-0.25, -0.2) is 12.8 Å². The van der Waals surface area contributed by atoms with E-state index in [2.05, 4.69) is 10.0 Å². The first-order valence-corrected chi connectivity index (χ1v) is 10.8. The Morgan fingerprint density at radius 3 is 2.00 bits per heavy atom. The van der Waals surface area contributed by atoms with E-state index in [1.165, 1.54) is 25.1 Å². The molecule has 0 saturated heterocycles. The van der Waals surface area contributed by atoms with Crippen LogP contribution >= 0.6 is 0 Å². The lowest BCUT2D eigenvalue weighted by Gasteiger charge is -2.13. The quantitative estimate of drug-likeness (QED) is 0.595. The van der Waals surface area contributed by atoms with Gasteiger partial charge in [-0.2, -0.15) is 0 Å². The number of benzene rings is 3. The Bertz CT molecular complexity index is 1200. The van der Waals surface area contributed by atoms with Gasteiger partial charge in [0.05, 0.1) is 4.90 Å². The standard InChI is InChI=1S/C23H23FN2O3S/c1-14-11-16(3)22(17(4)12-14)25-23(27)18-5-8-20(9-6-18)26-30(28,29)21-10-7-19(24)13-15(21)2/h5-13,26H,1-4H3,(H,25,27). The molecule has 0 radical (unpaired) electrons. The summed E-state index contributed by atoms with van der Waals surface area (Å²) in [6, 6.07) is 13.6. The van der Waals surface area contributed by atoms with Crippen molar-refractivity contribution >= 4 is 27.3 Å². The molecule has 0 heterocycles. The molecule has 3 rings (SSSR count). The fraction of sp³-hybridized carbons (Fsp3) is 0.174. The second kappa shape index (κ2) is 8.28. The Morgan fingerprint density at radius 1 is 0.833 bits per heavy atom. The van der Waals surface area contributed by atoms with Gasteiger partial charge in [0, 0.05) is 16.9 Å². The maximum absolute atomic E-state index is 13.3. The minimum Gasteiger partial charge on any atom is -0.322 e. The van der Waals surface area contributed by atoms with Crippen molar-refractivity contribution < 1.29 is 17.6 Å². The van der Waals surface area contributed by atoms with E-state index < -0.39 is 15.8 Å². The van der Waals surface area contributed by atoms with E-state index in [9.17, 15) is 17.6 Å². The van der Waals surface area contributed by atoms with Crippen LogP contribution in [0.5, 0.6) is 0 Å². The SMILES string of the molecule is Cc1cc(C)c(NC(=O)c2ccc(NS(=O)(=O)c3ccc(F)cc3C)cc2)c(C)c1. The van der Waals surface area contributed by atoms with Crippen molar-refractivity contribution in [2.45, 2.75) is 32.6 Å². The lowest BCUT2D eigenvalue weighted by Crippen LogP contribution is -2.16. The van der Waals surface area contributed by atoms with Crippen LogP contribution in [-0.4, -0.2) is 14.3 Å². The summed E-state index contributed by atoms with van der Waals surface area (Å²) in [5.74, 6) is -0.783. The molecule has 0 spiro atoms. The van der Waals surface area contributed by atoms with E-state index in [4.69, 9.17) is 0 Å². The van der Waals surface area contributed by atoms with Crippen LogP contribution < -0.4 is 10.0 Å². The maximum atomic E-state index is 13.3. The largest absolute Gasteiger partial charge is 0.322 e. The van der Waals surface area contributed by atoms with Crippen molar-refractivity contribution in [3.8, 4) is 0 Å². The molecule has 0 aliphatic carbocycles. The summed E-state index contributed by atoms with van der Waals surface area (Å²) >= 11 is 0. The van der Waals surface area contributed by atoms with E-state index >= 15 is 0 Å². The van der Waals surface area contributed by atoms with Crippen molar-refractivity contribution in [2.24, 2.45) is 0 Å². The summed E-state index contributed by atoms with van der Waals surface area (Å²) in [5, 5.41) is 2.92. The minimum atomic E-state index is -3.87. The number of carbonyl (C=O) groups is 1. The Balaban J connectivity index is 1.77. The van der Waals surface area contributed by atoms with Gasteiger partial charge in [-0.05, 0) is 86.8 Å². The third kappa shape index (κ3) is 4.68. The predicted octanol–water partition coefficient (Wildman–Crippen LogP) is 5.11. The zero-order valence-corrected chi connectivity index (χ0v) is 18.0. The summed E-state index contributed by atoms with van der Waals surface area (Å²) in [4.78, 5) is 12.6. The fourth-order valence-corrected chi connectivity index (χ4v) is 4.66. The third-order valence-electron chi connectivity index (χ3n) is 4.74. The number of hydrogen-bond acceptors (Lipinski definition) is 3. The van der Waals surface area contributed by atoms with Crippen LogP contribution in [0.25, 0.3) is 0 Å². The van der Waals surface area contributed by atoms with E-state index in [0.29, 0.717) is 16.8 Å². The molecule has 1 amide bonds. The highest BCUT2D eigenvalue weighted by Gasteiger charge is 2.18. The molecule has 0 bridgehead atoms. The Kier molecular flexibility index (Phi) is 5.94. The smallest absolute Gasteiger partial charge is 0.262 e. The maximum Gasteiger partial charge on any atom is 0.262 e. The van der Waals surface area contributed by atoms with Crippen molar-refractivity contribution in [2.75, 3.05) is 10.0 Å². The van der Waals surface area contributed by atoms with Crippen molar-refractivity contribution in [3.63, 3.8) is 0 Å². The summed E-state index contributed by atoms with van der Waals surface area (Å²) < 4.78 is 40.9. The van der Waals surface area contributed by atoms with Crippen LogP contribution in [0.4, 0.5) is 15.8 Å². The molecule has 0 saturated carbocycles. The van der Waals surface area contributed by atoms with Crippen LogP contribution in [0.15, 0.2) is 59.5 Å². The number of halogens is 1. The molecule has 0 atom stereocenters. The highest BCUT2D eigenvalue weighted by atomic mass is 32.2. The highest BCUT2D eigenvalue weighted by Crippen LogP contribution is 2.24. The van der Waals surface area contributed by atoms with Crippen molar-refractivity contribution in [1.82, 2.24) is 0 Å². The van der Waals surface area contributed by atoms with Gasteiger partial charge >= 0.3 is 0 Å². The van der Waals surface area contributed by atoms with Crippen molar-refractivity contribution in [1.29, 1.82) is 0 Å². The van der Waals surface area contributed by atoms with Gasteiger partial charge < -0.3 is 5.32 Å². The van der Waals surface area contributed by atoms with Crippen LogP contribution in [0.2, 0.25) is 0 Å². The molecular weight excluding hydrogens is 403 g/mol. The normalized spacial score (nSPS) is 11.2. The van der Waals surface area contributed by atoms with E-state index in [1.54, 1.807) is 12.1 Å². The first-order chi connectivity index (χ1) is 14.1. The number of nitrogens with one attached hydrogen (secondary N) is 2. The first-order valence-electron chi connectivity index (χ1n) is 9.35. The minimum absolute atomic E-state index is 0.00367. The van der Waals surface area contributed by atoms with Gasteiger partial charge in [0.15, 0.2) is 0 Å². The summed E-state index contributed by atoms with van der Waals surface area (Å²) in [6.45, 7) is 7.40. The molecule has 0 unspecified atom stereocenters. The van der Waals surface area contributed by atoms with E-state index in [0.717, 1.165) is 34.5 Å². The molecule has 3 aromatic rings. The number of carbonyl (C=O) groups excluding carboxylic acids is 1. The molecule has 5 nitrogen and oxygen atoms in total. The molecular formula is C23H23FN2O3S. The van der Waals surface area contributed by atoms with Gasteiger partial charge in [0.25, 0.3) is 15.9 Å². The summed E-state index contributed by atoms with van der Waals surface area (Å²) in [5.41, 5.74) is 4.84. The van der Waals surface area contributed by atoms with Crippen LogP contribution in [-0.2, 0) is 10.0 Å². The van der Waals surface area contributed by atoms with E-state index in [-0.39, 0.29) is 10.8 Å². The second-order valence-electron chi connectivity index (χ2n) is 7.32. The van der Waals surface area contributed by atoms with Gasteiger partial charge in [0.1, 0.15) is 5.82 Å². The third-order valence-corrected chi connectivity index (χ3v) is 6.28. The second-order valence-corrected chi connectivity index (χ2v) is 8.97. The fourth-order valence-electron chi connectivity index (χ4n) is 3.38. The van der Waals surface area contributed by atoms with Gasteiger partial charge in [-0.3, -0.25) is 9.52 Å². The molecule has 0 aliphatic rings. The average Bonchev–Trinajstić information content (AvgIpc) is 2.64. The van der Waals surface area contributed by atoms with Gasteiger partial charge in [-0.1, -0.05) is 17.7 Å². The lowest BCUT2D eigenvalue weighted by molar-refractivity contribution is 0.102. The highest BCUT2D eigenvalue weighted by molar-refractivity contribution is 7.92. The zero-order valence-electron chi connectivity index (χ0n) is 17.2. The van der Waals surface area contributed by atoms with Crippen LogP contribution in [0, 0.1) is 33.5 Å². The zero-order chi connectivity index (χ0) is 22.1. The predicted molar refractivity (Wildman–Crippen MR) is 117 cm³/mol. The van der Waals surface area contributed by atoms with Crippen LogP contribution in [0.1, 0.15) is 32.6 Å². The molecule has 156 valence electrons. The lowest BCUT2D eigenvalue weighted by atomic mass is 10.0. The molecule has 30 heavy (non-hydrogen) atoms. The van der Waals surface area contributed by atoms with Crippen molar-refractivity contribution in [3.05, 3.63) is 88.2 Å². The summed E-state index contributed by atoms with van der Waals surface area (Å²) in [6.07, 6.45) is 0. The Labute approximate surface area is 176 Å². The number of aryl methyl sites for hydroxylation is 4. The Morgan fingerprint density at radius 2 is 1.43 bits per heavy atom. The molecule has 7 heteroatoms. The monoisotopic (exact) mass is 426 g/mol.